The van der Waals surface area contributed by atoms with Crippen molar-refractivity contribution in [1.29, 1.82) is 0 Å². The lowest BCUT2D eigenvalue weighted by atomic mass is 10.1. The monoisotopic (exact) mass is 287 g/mol. The SMILES string of the molecule is CN(C)c1ccc(C(=O)NCCOCC(F)F)cc1N. The summed E-state index contributed by atoms with van der Waals surface area (Å²) in [5, 5.41) is 2.57. The Morgan fingerprint density at radius 2 is 2.15 bits per heavy atom. The van der Waals surface area contributed by atoms with Crippen LogP contribution >= 0.6 is 0 Å². The van der Waals surface area contributed by atoms with E-state index < -0.39 is 13.0 Å². The molecule has 1 amide bonds. The number of hydrogen-bond donors (Lipinski definition) is 2. The number of carbonyl (C=O) groups is 1. The number of alkyl halides is 2. The summed E-state index contributed by atoms with van der Waals surface area (Å²) in [6.45, 7) is -0.414. The van der Waals surface area contributed by atoms with E-state index in [0.717, 1.165) is 5.69 Å². The molecule has 0 unspecified atom stereocenters. The number of anilines is 2. The minimum Gasteiger partial charge on any atom is -0.397 e. The zero-order valence-corrected chi connectivity index (χ0v) is 11.5. The summed E-state index contributed by atoms with van der Waals surface area (Å²) < 4.78 is 28.3. The summed E-state index contributed by atoms with van der Waals surface area (Å²) in [6, 6.07) is 4.98. The number of nitrogens with one attached hydrogen (secondary N) is 1. The van der Waals surface area contributed by atoms with Gasteiger partial charge in [-0.2, -0.15) is 0 Å². The maximum absolute atomic E-state index is 11.8. The highest BCUT2D eigenvalue weighted by atomic mass is 19.3. The molecule has 0 fully saturated rings. The third-order valence-corrected chi connectivity index (χ3v) is 2.55. The molecule has 0 saturated carbocycles. The molecule has 0 saturated heterocycles. The molecule has 0 aliphatic carbocycles. The second-order valence-corrected chi connectivity index (χ2v) is 4.39. The van der Waals surface area contributed by atoms with E-state index in [2.05, 4.69) is 10.1 Å². The highest BCUT2D eigenvalue weighted by Gasteiger charge is 2.09. The molecule has 1 aromatic rings. The van der Waals surface area contributed by atoms with E-state index in [9.17, 15) is 13.6 Å². The average molecular weight is 287 g/mol. The van der Waals surface area contributed by atoms with E-state index in [0.29, 0.717) is 11.3 Å². The van der Waals surface area contributed by atoms with Crippen LogP contribution in [-0.2, 0) is 4.74 Å². The van der Waals surface area contributed by atoms with E-state index in [1.54, 1.807) is 18.2 Å². The molecular formula is C13H19F2N3O2. The van der Waals surface area contributed by atoms with Gasteiger partial charge in [-0.15, -0.1) is 0 Å². The molecule has 0 aliphatic rings. The number of halogens is 2. The minimum absolute atomic E-state index is 0.0430. The van der Waals surface area contributed by atoms with Gasteiger partial charge in [-0.3, -0.25) is 4.79 Å². The van der Waals surface area contributed by atoms with Crippen molar-refractivity contribution < 1.29 is 18.3 Å². The normalized spacial score (nSPS) is 10.7. The number of nitrogens with two attached hydrogens (primary N) is 1. The zero-order valence-electron chi connectivity index (χ0n) is 11.5. The summed E-state index contributed by atoms with van der Waals surface area (Å²) in [5.74, 6) is -0.317. The Hall–Kier alpha value is -1.89. The van der Waals surface area contributed by atoms with Gasteiger partial charge in [0.25, 0.3) is 12.3 Å². The predicted molar refractivity (Wildman–Crippen MR) is 74.3 cm³/mol. The molecule has 3 N–H and O–H groups in total. The van der Waals surface area contributed by atoms with Crippen LogP contribution in [0.15, 0.2) is 18.2 Å². The van der Waals surface area contributed by atoms with E-state index in [1.165, 1.54) is 0 Å². The Morgan fingerprint density at radius 1 is 1.45 bits per heavy atom. The maximum atomic E-state index is 11.8. The van der Waals surface area contributed by atoms with Gasteiger partial charge < -0.3 is 20.7 Å². The van der Waals surface area contributed by atoms with E-state index in [1.807, 2.05) is 19.0 Å². The lowest BCUT2D eigenvalue weighted by molar-refractivity contribution is 0.0188. The van der Waals surface area contributed by atoms with E-state index in [4.69, 9.17) is 5.73 Å². The summed E-state index contributed by atoms with van der Waals surface area (Å²) >= 11 is 0. The minimum atomic E-state index is -2.50. The summed E-state index contributed by atoms with van der Waals surface area (Å²) in [6.07, 6.45) is -2.50. The van der Waals surface area contributed by atoms with Gasteiger partial charge in [-0.25, -0.2) is 8.78 Å². The number of benzene rings is 1. The molecule has 0 aliphatic heterocycles. The second-order valence-electron chi connectivity index (χ2n) is 4.39. The molecule has 1 aromatic carbocycles. The fourth-order valence-corrected chi connectivity index (χ4v) is 1.61. The molecule has 0 spiro atoms. The van der Waals surface area contributed by atoms with Crippen LogP contribution in [-0.4, -0.2) is 46.2 Å². The molecule has 0 bridgehead atoms. The lowest BCUT2D eigenvalue weighted by Crippen LogP contribution is -2.28. The van der Waals surface area contributed by atoms with Crippen molar-refractivity contribution in [2.45, 2.75) is 6.43 Å². The molecule has 0 radical (unpaired) electrons. The molecule has 0 atom stereocenters. The van der Waals surface area contributed by atoms with Crippen LogP contribution in [0.3, 0.4) is 0 Å². The van der Waals surface area contributed by atoms with Crippen LogP contribution in [0.25, 0.3) is 0 Å². The third-order valence-electron chi connectivity index (χ3n) is 2.55. The number of nitrogen functional groups attached to an aromatic ring is 1. The van der Waals surface area contributed by atoms with Gasteiger partial charge in [0.15, 0.2) is 0 Å². The van der Waals surface area contributed by atoms with Crippen molar-refractivity contribution in [3.8, 4) is 0 Å². The second kappa shape index (κ2) is 7.64. The molecule has 112 valence electrons. The molecule has 20 heavy (non-hydrogen) atoms. The third kappa shape index (κ3) is 5.00. The van der Waals surface area contributed by atoms with E-state index in [-0.39, 0.29) is 19.1 Å². The summed E-state index contributed by atoms with van der Waals surface area (Å²) in [5.41, 5.74) is 7.58. The molecular weight excluding hydrogens is 268 g/mol. The van der Waals surface area contributed by atoms with Crippen molar-refractivity contribution in [3.63, 3.8) is 0 Å². The lowest BCUT2D eigenvalue weighted by Gasteiger charge is -2.15. The van der Waals surface area contributed by atoms with Crippen LogP contribution < -0.4 is 16.0 Å². The first-order chi connectivity index (χ1) is 9.41. The molecule has 7 heteroatoms. The van der Waals surface area contributed by atoms with Gasteiger partial charge in [-0.05, 0) is 18.2 Å². The van der Waals surface area contributed by atoms with Gasteiger partial charge >= 0.3 is 0 Å². The zero-order chi connectivity index (χ0) is 15.1. The largest absolute Gasteiger partial charge is 0.397 e. The highest BCUT2D eigenvalue weighted by Crippen LogP contribution is 2.22. The van der Waals surface area contributed by atoms with Gasteiger partial charge in [0, 0.05) is 26.2 Å². The van der Waals surface area contributed by atoms with Gasteiger partial charge in [0.05, 0.1) is 18.0 Å². The number of ether oxygens (including phenoxy) is 1. The summed E-state index contributed by atoms with van der Waals surface area (Å²) in [4.78, 5) is 13.6. The number of nitrogens with zero attached hydrogens (tertiary/aromatic N) is 1. The van der Waals surface area contributed by atoms with Crippen LogP contribution in [0.5, 0.6) is 0 Å². The maximum Gasteiger partial charge on any atom is 0.261 e. The molecule has 1 rings (SSSR count). The van der Waals surface area contributed by atoms with Crippen molar-refractivity contribution in [3.05, 3.63) is 23.8 Å². The topological polar surface area (TPSA) is 67.6 Å². The summed E-state index contributed by atoms with van der Waals surface area (Å²) in [7, 11) is 3.71. The van der Waals surface area contributed by atoms with Crippen molar-refractivity contribution in [2.24, 2.45) is 0 Å². The average Bonchev–Trinajstić information content (AvgIpc) is 2.37. The van der Waals surface area contributed by atoms with Crippen molar-refractivity contribution in [1.82, 2.24) is 5.32 Å². The number of hydrogen-bond acceptors (Lipinski definition) is 4. The fourth-order valence-electron chi connectivity index (χ4n) is 1.61. The quantitative estimate of drug-likeness (QED) is 0.587. The van der Waals surface area contributed by atoms with Crippen LogP contribution in [0.2, 0.25) is 0 Å². The van der Waals surface area contributed by atoms with Crippen LogP contribution in [0.1, 0.15) is 10.4 Å². The van der Waals surface area contributed by atoms with Gasteiger partial charge in [0.1, 0.15) is 6.61 Å². The van der Waals surface area contributed by atoms with E-state index >= 15 is 0 Å². The first-order valence-corrected chi connectivity index (χ1v) is 6.12. The van der Waals surface area contributed by atoms with Crippen LogP contribution in [0, 0.1) is 0 Å². The molecule has 0 heterocycles. The van der Waals surface area contributed by atoms with Crippen molar-refractivity contribution in [2.75, 3.05) is 44.5 Å². The Kier molecular flexibility index (Phi) is 6.17. The number of rotatable bonds is 7. The number of carbonyl (C=O) groups excluding carboxylic acids is 1. The Bertz CT molecular complexity index is 453. The van der Waals surface area contributed by atoms with Gasteiger partial charge in [-0.1, -0.05) is 0 Å². The molecule has 5 nitrogen and oxygen atoms in total. The number of amides is 1. The smallest absolute Gasteiger partial charge is 0.261 e. The Balaban J connectivity index is 2.46. The molecule has 0 aromatic heterocycles. The standard InChI is InChI=1S/C13H19F2N3O2/c1-18(2)11-4-3-9(7-10(11)16)13(19)17-5-6-20-8-12(14)15/h3-4,7,12H,5-6,8,16H2,1-2H3,(H,17,19). The predicted octanol–water partition coefficient (Wildman–Crippen LogP) is 1.35. The Labute approximate surface area is 116 Å². The van der Waals surface area contributed by atoms with Crippen LogP contribution in [0.4, 0.5) is 20.2 Å². The van der Waals surface area contributed by atoms with Crippen molar-refractivity contribution >= 4 is 17.3 Å². The first kappa shape index (κ1) is 16.2. The highest BCUT2D eigenvalue weighted by molar-refractivity contribution is 5.96. The fraction of sp³-hybridized carbons (Fsp3) is 0.462. The Morgan fingerprint density at radius 3 is 2.70 bits per heavy atom. The van der Waals surface area contributed by atoms with Gasteiger partial charge in [0.2, 0.25) is 0 Å². The first-order valence-electron chi connectivity index (χ1n) is 6.12.